The lowest BCUT2D eigenvalue weighted by Crippen LogP contribution is -2.33. The molecule has 0 atom stereocenters. The van der Waals surface area contributed by atoms with Crippen molar-refractivity contribution in [2.45, 2.75) is 12.8 Å². The van der Waals surface area contributed by atoms with Crippen molar-refractivity contribution >= 4 is 23.6 Å². The maximum Gasteiger partial charge on any atom is 0.307 e. The van der Waals surface area contributed by atoms with Crippen LogP contribution >= 0.6 is 0 Å². The number of hydrogen-bond acceptors (Lipinski definition) is 6. The summed E-state index contributed by atoms with van der Waals surface area (Å²) in [6.07, 6.45) is 3.34. The van der Waals surface area contributed by atoms with Crippen LogP contribution in [0.4, 0.5) is 5.69 Å². The molecular formula is C16H20N2O6. The smallest absolute Gasteiger partial charge is 0.307 e. The number of carbonyl (C=O) groups excluding carboxylic acids is 2. The van der Waals surface area contributed by atoms with Crippen molar-refractivity contribution in [1.82, 2.24) is 4.90 Å². The van der Waals surface area contributed by atoms with E-state index >= 15 is 0 Å². The lowest BCUT2D eigenvalue weighted by molar-refractivity contribution is -0.384. The molecule has 0 aromatic heterocycles. The van der Waals surface area contributed by atoms with Crippen molar-refractivity contribution in [3.63, 3.8) is 0 Å². The molecule has 1 N–H and O–H groups in total. The van der Waals surface area contributed by atoms with E-state index in [1.54, 1.807) is 0 Å². The van der Waals surface area contributed by atoms with E-state index < -0.39 is 10.9 Å². The number of hydrogen-bond donors (Lipinski definition) is 1. The maximum absolute atomic E-state index is 12.2. The zero-order valence-corrected chi connectivity index (χ0v) is 13.4. The molecule has 8 nitrogen and oxygen atoms in total. The van der Waals surface area contributed by atoms with Crippen molar-refractivity contribution in [1.29, 1.82) is 0 Å². The highest BCUT2D eigenvalue weighted by Crippen LogP contribution is 2.13. The lowest BCUT2D eigenvalue weighted by Gasteiger charge is -2.20. The van der Waals surface area contributed by atoms with Gasteiger partial charge in [0.1, 0.15) is 0 Å². The minimum Gasteiger partial charge on any atom is -0.469 e. The fourth-order valence-electron chi connectivity index (χ4n) is 1.90. The summed E-state index contributed by atoms with van der Waals surface area (Å²) in [4.78, 5) is 34.9. The van der Waals surface area contributed by atoms with Crippen molar-refractivity contribution in [3.8, 4) is 0 Å². The molecule has 0 heterocycles. The van der Waals surface area contributed by atoms with Crippen LogP contribution in [0.15, 0.2) is 30.3 Å². The van der Waals surface area contributed by atoms with Gasteiger partial charge in [-0.25, -0.2) is 0 Å². The SMILES string of the molecule is COC(=O)CCN(CCCO)C(=O)/C=C/c1ccc([N+](=O)[O-])cc1. The van der Waals surface area contributed by atoms with Crippen molar-refractivity contribution in [2.24, 2.45) is 0 Å². The predicted molar refractivity (Wildman–Crippen MR) is 87.0 cm³/mol. The van der Waals surface area contributed by atoms with Crippen LogP contribution in [0.5, 0.6) is 0 Å². The molecule has 1 aromatic carbocycles. The molecule has 130 valence electrons. The highest BCUT2D eigenvalue weighted by Gasteiger charge is 2.12. The number of esters is 1. The Morgan fingerprint density at radius 3 is 2.50 bits per heavy atom. The number of rotatable bonds is 9. The number of non-ortho nitro benzene ring substituents is 1. The number of benzene rings is 1. The van der Waals surface area contributed by atoms with Crippen molar-refractivity contribution < 1.29 is 24.4 Å². The van der Waals surface area contributed by atoms with Crippen LogP contribution in [0.25, 0.3) is 6.08 Å². The van der Waals surface area contributed by atoms with Crippen LogP contribution in [-0.2, 0) is 14.3 Å². The van der Waals surface area contributed by atoms with Crippen molar-refractivity contribution in [3.05, 3.63) is 46.0 Å². The number of nitro groups is 1. The molecule has 0 aliphatic carbocycles. The molecular weight excluding hydrogens is 316 g/mol. The average Bonchev–Trinajstić information content (AvgIpc) is 2.59. The van der Waals surface area contributed by atoms with Gasteiger partial charge in [0.2, 0.25) is 5.91 Å². The Balaban J connectivity index is 2.70. The molecule has 0 aliphatic heterocycles. The number of methoxy groups -OCH3 is 1. The summed E-state index contributed by atoms with van der Waals surface area (Å²) in [5.74, 6) is -0.734. The Bertz CT molecular complexity index is 597. The first-order valence-corrected chi connectivity index (χ1v) is 7.37. The second-order valence-corrected chi connectivity index (χ2v) is 4.91. The van der Waals surface area contributed by atoms with Gasteiger partial charge >= 0.3 is 5.97 Å². The highest BCUT2D eigenvalue weighted by molar-refractivity contribution is 5.92. The molecule has 0 saturated heterocycles. The Kier molecular flexibility index (Phi) is 8.14. The molecule has 0 bridgehead atoms. The average molecular weight is 336 g/mol. The summed E-state index contributed by atoms with van der Waals surface area (Å²) in [6.45, 7) is 0.446. The first kappa shape index (κ1) is 19.3. The molecule has 0 aliphatic rings. The molecule has 8 heteroatoms. The molecule has 1 amide bonds. The Morgan fingerprint density at radius 1 is 1.29 bits per heavy atom. The summed E-state index contributed by atoms with van der Waals surface area (Å²) in [5, 5.41) is 19.5. The molecule has 1 rings (SSSR count). The zero-order chi connectivity index (χ0) is 17.9. The van der Waals surface area contributed by atoms with Gasteiger partial charge in [-0.05, 0) is 30.2 Å². The van der Waals surface area contributed by atoms with Crippen LogP contribution in [0, 0.1) is 10.1 Å². The Labute approximate surface area is 139 Å². The predicted octanol–water partition coefficient (Wildman–Crippen LogP) is 1.38. The molecule has 1 aromatic rings. The molecule has 0 saturated carbocycles. The van der Waals surface area contributed by atoms with E-state index in [2.05, 4.69) is 4.74 Å². The number of amides is 1. The van der Waals surface area contributed by atoms with E-state index in [1.165, 1.54) is 48.4 Å². The number of nitrogens with zero attached hydrogens (tertiary/aromatic N) is 2. The van der Waals surface area contributed by atoms with Gasteiger partial charge in [0.05, 0.1) is 18.5 Å². The van der Waals surface area contributed by atoms with Gasteiger partial charge < -0.3 is 14.7 Å². The van der Waals surface area contributed by atoms with Crippen LogP contribution in [0.3, 0.4) is 0 Å². The van der Waals surface area contributed by atoms with E-state index in [1.807, 2.05) is 0 Å². The molecule has 0 fully saturated rings. The third kappa shape index (κ3) is 6.57. The fourth-order valence-corrected chi connectivity index (χ4v) is 1.90. The quantitative estimate of drug-likeness (QED) is 0.316. The monoisotopic (exact) mass is 336 g/mol. The van der Waals surface area contributed by atoms with E-state index in [0.717, 1.165) is 0 Å². The molecule has 0 radical (unpaired) electrons. The number of aliphatic hydroxyl groups is 1. The summed E-state index contributed by atoms with van der Waals surface area (Å²) in [5.41, 5.74) is 0.616. The van der Waals surface area contributed by atoms with Crippen LogP contribution in [0.2, 0.25) is 0 Å². The zero-order valence-electron chi connectivity index (χ0n) is 13.4. The first-order chi connectivity index (χ1) is 11.5. The maximum atomic E-state index is 12.2. The van der Waals surface area contributed by atoms with Gasteiger partial charge in [0, 0.05) is 37.9 Å². The van der Waals surface area contributed by atoms with Gasteiger partial charge in [-0.15, -0.1) is 0 Å². The second-order valence-electron chi connectivity index (χ2n) is 4.91. The van der Waals surface area contributed by atoms with Crippen LogP contribution < -0.4 is 0 Å². The minimum atomic E-state index is -0.498. The van der Waals surface area contributed by atoms with Gasteiger partial charge in [-0.3, -0.25) is 19.7 Å². The number of carbonyl (C=O) groups is 2. The fraction of sp³-hybridized carbons (Fsp3) is 0.375. The van der Waals surface area contributed by atoms with Crippen LogP contribution in [-0.4, -0.2) is 53.6 Å². The Morgan fingerprint density at radius 2 is 1.96 bits per heavy atom. The summed E-state index contributed by atoms with van der Waals surface area (Å²) >= 11 is 0. The van der Waals surface area contributed by atoms with E-state index in [9.17, 15) is 19.7 Å². The van der Waals surface area contributed by atoms with Gasteiger partial charge in [0.15, 0.2) is 0 Å². The standard InChI is InChI=1S/C16H20N2O6/c1-24-16(21)9-11-17(10-2-12-19)15(20)8-5-13-3-6-14(7-4-13)18(22)23/h3-8,19H,2,9-12H2,1H3/b8-5+. The van der Waals surface area contributed by atoms with E-state index in [0.29, 0.717) is 18.5 Å². The van der Waals surface area contributed by atoms with Crippen molar-refractivity contribution in [2.75, 3.05) is 26.8 Å². The Hall–Kier alpha value is -2.74. The molecule has 0 unspecified atom stereocenters. The van der Waals surface area contributed by atoms with E-state index in [-0.39, 0.29) is 31.2 Å². The third-order valence-corrected chi connectivity index (χ3v) is 3.23. The van der Waals surface area contributed by atoms with Crippen LogP contribution in [0.1, 0.15) is 18.4 Å². The lowest BCUT2D eigenvalue weighted by atomic mass is 10.2. The number of aliphatic hydroxyl groups excluding tert-OH is 1. The summed E-state index contributed by atoms with van der Waals surface area (Å²) in [6, 6.07) is 5.78. The second kappa shape index (κ2) is 10.1. The first-order valence-electron chi connectivity index (χ1n) is 7.37. The normalized spacial score (nSPS) is 10.6. The van der Waals surface area contributed by atoms with Gasteiger partial charge in [-0.2, -0.15) is 0 Å². The van der Waals surface area contributed by atoms with Gasteiger partial charge in [0.25, 0.3) is 5.69 Å². The van der Waals surface area contributed by atoms with E-state index in [4.69, 9.17) is 5.11 Å². The number of nitro benzene ring substituents is 1. The third-order valence-electron chi connectivity index (χ3n) is 3.23. The largest absolute Gasteiger partial charge is 0.469 e. The topological polar surface area (TPSA) is 110 Å². The van der Waals surface area contributed by atoms with Gasteiger partial charge in [-0.1, -0.05) is 0 Å². The number of ether oxygens (including phenoxy) is 1. The summed E-state index contributed by atoms with van der Waals surface area (Å²) < 4.78 is 4.55. The highest BCUT2D eigenvalue weighted by atomic mass is 16.6. The summed E-state index contributed by atoms with van der Waals surface area (Å²) in [7, 11) is 1.27. The minimum absolute atomic E-state index is 0.0267. The molecule has 24 heavy (non-hydrogen) atoms. The molecule has 0 spiro atoms.